The summed E-state index contributed by atoms with van der Waals surface area (Å²) in [6.45, 7) is 4.21. The molecule has 8 aromatic rings. The van der Waals surface area contributed by atoms with Crippen LogP contribution in [0.5, 0.6) is 11.5 Å². The SMILES string of the molecule is COc1ccc(S(=O)(=O)Nc2ccc(-c3nc4ncc(Br)c(C)c4[nH]3)cc2)cc1.Cc1c(Br)cnc2nc(-c3ccc(NS(=O)(=O)c4ccc(OCCC#N)cc4)cc3)[nH]c12. The van der Waals surface area contributed by atoms with E-state index in [-0.39, 0.29) is 22.8 Å². The summed E-state index contributed by atoms with van der Waals surface area (Å²) in [4.78, 5) is 24.5. The van der Waals surface area contributed by atoms with Crippen LogP contribution in [0.3, 0.4) is 0 Å². The maximum atomic E-state index is 12.7. The molecule has 4 aromatic heterocycles. The molecule has 0 amide bonds. The molecule has 0 aliphatic rings. The maximum Gasteiger partial charge on any atom is 0.261 e. The second kappa shape index (κ2) is 18.1. The van der Waals surface area contributed by atoms with Crippen LogP contribution in [-0.4, -0.2) is 60.5 Å². The van der Waals surface area contributed by atoms with E-state index in [1.807, 2.05) is 19.9 Å². The molecule has 15 nitrogen and oxygen atoms in total. The van der Waals surface area contributed by atoms with Crippen molar-refractivity contribution in [2.75, 3.05) is 23.2 Å². The molecule has 19 heteroatoms. The van der Waals surface area contributed by atoms with E-state index >= 15 is 0 Å². The number of ether oxygens (including phenoxy) is 2. The summed E-state index contributed by atoms with van der Waals surface area (Å²) in [6, 6.07) is 28.1. The standard InChI is InChI=1S/C22H18BrN5O3S.C20H17BrN4O3S/c1-14-19(23)13-25-22-20(14)26-21(27-22)15-3-5-16(6-4-15)28-32(29,30)18-9-7-17(8-10-18)31-12-2-11-24;1-12-17(21)11-22-20-18(12)23-19(24-20)13-3-5-14(6-4-13)25-29(26,27)16-9-7-15(28-2)8-10-16/h3-10,13,28H,2,12H2,1H3,(H,25,26,27);3-11,25H,1-2H3,(H,22,23,24). The van der Waals surface area contributed by atoms with Crippen LogP contribution in [-0.2, 0) is 20.0 Å². The fourth-order valence-electron chi connectivity index (χ4n) is 5.88. The number of fused-ring (bicyclic) bond motifs is 2. The number of nitriles is 1. The molecule has 0 saturated heterocycles. The van der Waals surface area contributed by atoms with Gasteiger partial charge in [-0.3, -0.25) is 9.44 Å². The lowest BCUT2D eigenvalue weighted by molar-refractivity contribution is 0.326. The number of rotatable bonds is 12. The molecular formula is C42H35Br2N9O6S2. The average Bonchev–Trinajstić information content (AvgIpc) is 3.91. The summed E-state index contributed by atoms with van der Waals surface area (Å²) in [6.07, 6.45) is 3.70. The molecule has 0 bridgehead atoms. The summed E-state index contributed by atoms with van der Waals surface area (Å²) in [5, 5.41) is 8.54. The van der Waals surface area contributed by atoms with Crippen LogP contribution in [0.2, 0.25) is 0 Å². The van der Waals surface area contributed by atoms with Crippen LogP contribution < -0.4 is 18.9 Å². The van der Waals surface area contributed by atoms with Crippen LogP contribution in [0.25, 0.3) is 45.1 Å². The van der Waals surface area contributed by atoms with Gasteiger partial charge < -0.3 is 19.4 Å². The fourth-order valence-corrected chi connectivity index (χ4v) is 8.60. The van der Waals surface area contributed by atoms with Crippen molar-refractivity contribution in [3.8, 4) is 40.3 Å². The van der Waals surface area contributed by atoms with E-state index in [1.165, 1.54) is 31.4 Å². The van der Waals surface area contributed by atoms with Crippen molar-refractivity contribution in [1.29, 1.82) is 5.26 Å². The third-order valence-corrected chi connectivity index (χ3v) is 13.6. The van der Waals surface area contributed by atoms with Crippen LogP contribution in [0, 0.1) is 25.2 Å². The van der Waals surface area contributed by atoms with E-state index in [1.54, 1.807) is 85.2 Å². The topological polar surface area (TPSA) is 218 Å². The van der Waals surface area contributed by atoms with Gasteiger partial charge in [-0.25, -0.2) is 36.8 Å². The zero-order valence-corrected chi connectivity index (χ0v) is 37.4. The molecule has 0 spiro atoms. The first kappa shape index (κ1) is 42.8. The highest BCUT2D eigenvalue weighted by molar-refractivity contribution is 9.10. The highest BCUT2D eigenvalue weighted by Gasteiger charge is 2.17. The number of halogens is 2. The largest absolute Gasteiger partial charge is 0.497 e. The lowest BCUT2D eigenvalue weighted by atomic mass is 10.2. The number of pyridine rings is 2. The fraction of sp³-hybridized carbons (Fsp3) is 0.119. The lowest BCUT2D eigenvalue weighted by Gasteiger charge is -2.09. The van der Waals surface area contributed by atoms with Crippen LogP contribution in [0.4, 0.5) is 11.4 Å². The number of sulfonamides is 2. The van der Waals surface area contributed by atoms with Crippen LogP contribution >= 0.6 is 31.9 Å². The van der Waals surface area contributed by atoms with Crippen molar-refractivity contribution in [3.63, 3.8) is 0 Å². The number of aromatic nitrogens is 6. The number of aryl methyl sites for hydroxylation is 2. The summed E-state index contributed by atoms with van der Waals surface area (Å²) in [5.41, 5.74) is 7.51. The van der Waals surface area contributed by atoms with E-state index in [0.717, 1.165) is 42.2 Å². The third-order valence-electron chi connectivity index (χ3n) is 9.24. The summed E-state index contributed by atoms with van der Waals surface area (Å²) in [7, 11) is -5.92. The number of imidazole rings is 2. The molecule has 61 heavy (non-hydrogen) atoms. The Hall–Kier alpha value is -6.33. The molecule has 0 aliphatic heterocycles. The van der Waals surface area contributed by atoms with E-state index < -0.39 is 20.0 Å². The Morgan fingerprint density at radius 1 is 0.639 bits per heavy atom. The number of aromatic amines is 2. The van der Waals surface area contributed by atoms with Gasteiger partial charge in [0.1, 0.15) is 29.8 Å². The smallest absolute Gasteiger partial charge is 0.261 e. The lowest BCUT2D eigenvalue weighted by Crippen LogP contribution is -2.12. The van der Waals surface area contributed by atoms with E-state index in [4.69, 9.17) is 14.7 Å². The van der Waals surface area contributed by atoms with Crippen molar-refractivity contribution in [1.82, 2.24) is 29.9 Å². The van der Waals surface area contributed by atoms with Gasteiger partial charge in [-0.1, -0.05) is 0 Å². The monoisotopic (exact) mass is 983 g/mol. The molecule has 0 unspecified atom stereocenters. The van der Waals surface area contributed by atoms with Crippen LogP contribution in [0.1, 0.15) is 17.5 Å². The van der Waals surface area contributed by atoms with Gasteiger partial charge in [0.2, 0.25) is 0 Å². The zero-order chi connectivity index (χ0) is 43.3. The van der Waals surface area contributed by atoms with Crippen molar-refractivity contribution in [3.05, 3.63) is 130 Å². The number of anilines is 2. The van der Waals surface area contributed by atoms with Gasteiger partial charge in [-0.05, 0) is 154 Å². The number of nitrogens with zero attached hydrogens (tertiary/aromatic N) is 5. The number of nitrogens with one attached hydrogen (secondary N) is 4. The minimum absolute atomic E-state index is 0.110. The van der Waals surface area contributed by atoms with Gasteiger partial charge in [0, 0.05) is 43.8 Å². The van der Waals surface area contributed by atoms with Gasteiger partial charge in [-0.2, -0.15) is 5.26 Å². The molecule has 0 aliphatic carbocycles. The third kappa shape index (κ3) is 9.84. The maximum absolute atomic E-state index is 12.7. The molecule has 310 valence electrons. The Labute approximate surface area is 368 Å². The molecule has 0 radical (unpaired) electrons. The predicted octanol–water partition coefficient (Wildman–Crippen LogP) is 9.29. The minimum Gasteiger partial charge on any atom is -0.497 e. The first-order valence-corrected chi connectivity index (χ1v) is 22.8. The van der Waals surface area contributed by atoms with Crippen molar-refractivity contribution >= 4 is 85.6 Å². The van der Waals surface area contributed by atoms with Crippen molar-refractivity contribution in [2.45, 2.75) is 30.1 Å². The van der Waals surface area contributed by atoms with Gasteiger partial charge >= 0.3 is 0 Å². The normalized spacial score (nSPS) is 11.4. The molecule has 4 heterocycles. The molecule has 8 rings (SSSR count). The second-order valence-electron chi connectivity index (χ2n) is 13.3. The van der Waals surface area contributed by atoms with E-state index in [9.17, 15) is 16.8 Å². The molecule has 0 fully saturated rings. The number of H-pyrrole nitrogens is 2. The average molecular weight is 986 g/mol. The highest BCUT2D eigenvalue weighted by Crippen LogP contribution is 2.29. The second-order valence-corrected chi connectivity index (χ2v) is 18.4. The van der Waals surface area contributed by atoms with Crippen LogP contribution in [0.15, 0.2) is 128 Å². The van der Waals surface area contributed by atoms with Gasteiger partial charge in [-0.15, -0.1) is 0 Å². The van der Waals surface area contributed by atoms with Gasteiger partial charge in [0.15, 0.2) is 11.3 Å². The Bertz CT molecular complexity index is 3120. The Morgan fingerprint density at radius 2 is 1.05 bits per heavy atom. The molecule has 4 aromatic carbocycles. The molecular weight excluding hydrogens is 950 g/mol. The predicted molar refractivity (Wildman–Crippen MR) is 240 cm³/mol. The summed E-state index contributed by atoms with van der Waals surface area (Å²) < 4.78 is 67.9. The van der Waals surface area contributed by atoms with Crippen molar-refractivity contribution < 1.29 is 26.3 Å². The Balaban J connectivity index is 0.000000185. The van der Waals surface area contributed by atoms with Gasteiger partial charge in [0.25, 0.3) is 20.0 Å². The van der Waals surface area contributed by atoms with Gasteiger partial charge in [0.05, 0.1) is 40.4 Å². The zero-order valence-electron chi connectivity index (χ0n) is 32.6. The first-order valence-electron chi connectivity index (χ1n) is 18.3. The number of benzene rings is 4. The quantitative estimate of drug-likeness (QED) is 0.0846. The number of hydrogen-bond donors (Lipinski definition) is 4. The summed E-state index contributed by atoms with van der Waals surface area (Å²) in [5.74, 6) is 2.41. The number of hydrogen-bond acceptors (Lipinski definition) is 11. The minimum atomic E-state index is -3.76. The molecule has 0 saturated carbocycles. The van der Waals surface area contributed by atoms with E-state index in [2.05, 4.69) is 71.2 Å². The Morgan fingerprint density at radius 3 is 1.44 bits per heavy atom. The first-order chi connectivity index (χ1) is 29.2. The van der Waals surface area contributed by atoms with E-state index in [0.29, 0.717) is 45.8 Å². The van der Waals surface area contributed by atoms with Crippen molar-refractivity contribution in [2.24, 2.45) is 0 Å². The Kier molecular flexibility index (Phi) is 12.7. The number of methoxy groups -OCH3 is 1. The highest BCUT2D eigenvalue weighted by atomic mass is 79.9. The summed E-state index contributed by atoms with van der Waals surface area (Å²) >= 11 is 6.93. The molecule has 0 atom stereocenters. The molecule has 4 N–H and O–H groups in total.